The molecule has 6 heteroatoms. The molecule has 0 amide bonds. The summed E-state index contributed by atoms with van der Waals surface area (Å²) < 4.78 is 13.0. The molecule has 27 heavy (non-hydrogen) atoms. The molecule has 1 fully saturated rings. The topological polar surface area (TPSA) is 44.0 Å². The number of rotatable bonds is 9. The van der Waals surface area contributed by atoms with Gasteiger partial charge in [-0.25, -0.2) is 4.39 Å². The average Bonchev–Trinajstić information content (AvgIpc) is 3.12. The number of hydrogen-bond acceptors (Lipinski definition) is 3. The third kappa shape index (κ3) is 7.24. The molecule has 0 unspecified atom stereocenters. The lowest BCUT2D eigenvalue weighted by molar-refractivity contribution is 0.236. The number of aryl methyl sites for hydroxylation is 1. The number of halogens is 2. The first kappa shape index (κ1) is 21.9. The molecule has 1 aromatic carbocycles. The molecule has 1 aromatic heterocycles. The van der Waals surface area contributed by atoms with Crippen molar-refractivity contribution in [1.82, 2.24) is 20.4 Å². The van der Waals surface area contributed by atoms with Crippen molar-refractivity contribution in [1.29, 1.82) is 0 Å². The predicted molar refractivity (Wildman–Crippen MR) is 112 cm³/mol. The third-order valence-electron chi connectivity index (χ3n) is 5.29. The maximum Gasteiger partial charge on any atom is 0.123 e. The van der Waals surface area contributed by atoms with Gasteiger partial charge in [0.15, 0.2) is 0 Å². The fourth-order valence-electron chi connectivity index (χ4n) is 3.73. The normalized spacial score (nSPS) is 15.1. The van der Waals surface area contributed by atoms with Crippen molar-refractivity contribution < 1.29 is 4.39 Å². The van der Waals surface area contributed by atoms with Gasteiger partial charge in [0.1, 0.15) is 5.82 Å². The van der Waals surface area contributed by atoms with Gasteiger partial charge >= 0.3 is 0 Å². The van der Waals surface area contributed by atoms with Gasteiger partial charge in [0, 0.05) is 17.8 Å². The molecule has 0 radical (unpaired) electrons. The molecule has 2 N–H and O–H groups in total. The number of aromatic amines is 1. The summed E-state index contributed by atoms with van der Waals surface area (Å²) in [4.78, 5) is 2.50. The SMILES string of the molecule is CN(CCCCCc1cc(-c2ccc(F)cc2)n[nH]1)CC1CCNCC1.Cl. The van der Waals surface area contributed by atoms with Crippen LogP contribution in [0.5, 0.6) is 0 Å². The Labute approximate surface area is 168 Å². The van der Waals surface area contributed by atoms with Crippen LogP contribution in [-0.4, -0.2) is 48.3 Å². The van der Waals surface area contributed by atoms with Crippen LogP contribution < -0.4 is 5.32 Å². The molecule has 150 valence electrons. The molecule has 0 atom stereocenters. The van der Waals surface area contributed by atoms with Gasteiger partial charge in [-0.05, 0) is 95.0 Å². The Balaban J connectivity index is 0.00000261. The number of aromatic nitrogens is 2. The Morgan fingerprint density at radius 1 is 1.11 bits per heavy atom. The fourth-order valence-corrected chi connectivity index (χ4v) is 3.73. The first-order valence-corrected chi connectivity index (χ1v) is 9.90. The van der Waals surface area contributed by atoms with Crippen LogP contribution in [0.15, 0.2) is 30.3 Å². The fraction of sp³-hybridized carbons (Fsp3) is 0.571. The van der Waals surface area contributed by atoms with Crippen LogP contribution >= 0.6 is 12.4 Å². The maximum absolute atomic E-state index is 13.0. The summed E-state index contributed by atoms with van der Waals surface area (Å²) in [6, 6.07) is 8.57. The van der Waals surface area contributed by atoms with Crippen LogP contribution in [0.2, 0.25) is 0 Å². The smallest absolute Gasteiger partial charge is 0.123 e. The van der Waals surface area contributed by atoms with Gasteiger partial charge in [0.2, 0.25) is 0 Å². The second-order valence-corrected chi connectivity index (χ2v) is 7.55. The minimum atomic E-state index is -0.213. The Morgan fingerprint density at radius 3 is 2.59 bits per heavy atom. The van der Waals surface area contributed by atoms with E-state index in [1.54, 1.807) is 12.1 Å². The lowest BCUT2D eigenvalue weighted by atomic mass is 9.97. The van der Waals surface area contributed by atoms with Crippen LogP contribution in [0.4, 0.5) is 4.39 Å². The van der Waals surface area contributed by atoms with Crippen molar-refractivity contribution in [3.05, 3.63) is 41.8 Å². The minimum Gasteiger partial charge on any atom is -0.317 e. The molecule has 0 saturated carbocycles. The van der Waals surface area contributed by atoms with Crippen molar-refractivity contribution in [3.8, 4) is 11.3 Å². The van der Waals surface area contributed by atoms with Crippen LogP contribution in [0, 0.1) is 11.7 Å². The molecule has 0 bridgehead atoms. The van der Waals surface area contributed by atoms with E-state index in [4.69, 9.17) is 0 Å². The van der Waals surface area contributed by atoms with Gasteiger partial charge in [-0.2, -0.15) is 5.10 Å². The zero-order valence-corrected chi connectivity index (χ0v) is 17.0. The van der Waals surface area contributed by atoms with E-state index in [0.29, 0.717) is 0 Å². The molecule has 0 spiro atoms. The molecular weight excluding hydrogens is 363 g/mol. The number of nitrogens with zero attached hydrogens (tertiary/aromatic N) is 2. The summed E-state index contributed by atoms with van der Waals surface area (Å²) in [6.07, 6.45) is 7.32. The van der Waals surface area contributed by atoms with E-state index in [-0.39, 0.29) is 18.2 Å². The largest absolute Gasteiger partial charge is 0.317 e. The summed E-state index contributed by atoms with van der Waals surface area (Å²) in [5.41, 5.74) is 3.00. The number of unbranched alkanes of at least 4 members (excludes halogenated alkanes) is 2. The van der Waals surface area contributed by atoms with Gasteiger partial charge in [-0.15, -0.1) is 12.4 Å². The van der Waals surface area contributed by atoms with E-state index in [1.807, 2.05) is 0 Å². The molecule has 2 heterocycles. The van der Waals surface area contributed by atoms with Crippen molar-refractivity contribution in [2.24, 2.45) is 5.92 Å². The van der Waals surface area contributed by atoms with Gasteiger partial charge in [0.05, 0.1) is 5.69 Å². The van der Waals surface area contributed by atoms with Gasteiger partial charge in [0.25, 0.3) is 0 Å². The van der Waals surface area contributed by atoms with Crippen LogP contribution in [0.1, 0.15) is 37.8 Å². The monoisotopic (exact) mass is 394 g/mol. The van der Waals surface area contributed by atoms with Crippen LogP contribution in [-0.2, 0) is 6.42 Å². The molecule has 2 aromatic rings. The lowest BCUT2D eigenvalue weighted by Gasteiger charge is -2.27. The number of nitrogens with one attached hydrogen (secondary N) is 2. The minimum absolute atomic E-state index is 0. The Hall–Kier alpha value is -1.43. The highest BCUT2D eigenvalue weighted by atomic mass is 35.5. The average molecular weight is 395 g/mol. The highest BCUT2D eigenvalue weighted by molar-refractivity contribution is 5.85. The molecule has 1 saturated heterocycles. The van der Waals surface area contributed by atoms with Gasteiger partial charge in [-0.3, -0.25) is 5.10 Å². The summed E-state index contributed by atoms with van der Waals surface area (Å²) in [5.74, 6) is 0.658. The third-order valence-corrected chi connectivity index (χ3v) is 5.29. The van der Waals surface area contributed by atoms with Crippen LogP contribution in [0.25, 0.3) is 11.3 Å². The first-order valence-electron chi connectivity index (χ1n) is 9.90. The number of hydrogen-bond donors (Lipinski definition) is 2. The molecule has 1 aliphatic rings. The molecule has 1 aliphatic heterocycles. The second kappa shape index (κ2) is 11.4. The number of benzene rings is 1. The second-order valence-electron chi connectivity index (χ2n) is 7.55. The molecule has 3 rings (SSSR count). The van der Waals surface area contributed by atoms with E-state index in [0.717, 1.165) is 29.3 Å². The van der Waals surface area contributed by atoms with Crippen molar-refractivity contribution in [3.63, 3.8) is 0 Å². The van der Waals surface area contributed by atoms with Crippen molar-refractivity contribution in [2.45, 2.75) is 38.5 Å². The first-order chi connectivity index (χ1) is 12.7. The van der Waals surface area contributed by atoms with E-state index in [1.165, 1.54) is 70.4 Å². The zero-order valence-electron chi connectivity index (χ0n) is 16.2. The Morgan fingerprint density at radius 2 is 1.85 bits per heavy atom. The Bertz CT molecular complexity index is 652. The van der Waals surface area contributed by atoms with Crippen molar-refractivity contribution in [2.75, 3.05) is 33.2 Å². The van der Waals surface area contributed by atoms with Gasteiger partial charge in [-0.1, -0.05) is 6.42 Å². The maximum atomic E-state index is 13.0. The van der Waals surface area contributed by atoms with Crippen LogP contribution in [0.3, 0.4) is 0 Å². The quantitative estimate of drug-likeness (QED) is 0.624. The summed E-state index contributed by atoms with van der Waals surface area (Å²) in [6.45, 7) is 4.79. The van der Waals surface area contributed by atoms with E-state index < -0.39 is 0 Å². The van der Waals surface area contributed by atoms with E-state index >= 15 is 0 Å². The number of piperidine rings is 1. The standard InChI is InChI=1S/C21H31FN4.ClH/c1-26(16-17-10-12-23-13-11-17)14-4-2-3-5-20-15-21(25-24-20)18-6-8-19(22)9-7-18;/h6-9,15,17,23H,2-5,10-14,16H2,1H3,(H,24,25);1H. The van der Waals surface area contributed by atoms with E-state index in [2.05, 4.69) is 33.5 Å². The van der Waals surface area contributed by atoms with Gasteiger partial charge < -0.3 is 10.2 Å². The van der Waals surface area contributed by atoms with E-state index in [9.17, 15) is 4.39 Å². The Kier molecular flexibility index (Phi) is 9.25. The zero-order chi connectivity index (χ0) is 18.2. The van der Waals surface area contributed by atoms with Crippen molar-refractivity contribution >= 4 is 12.4 Å². The summed E-state index contributed by atoms with van der Waals surface area (Å²) in [5, 5.41) is 10.9. The predicted octanol–water partition coefficient (Wildman–Crippen LogP) is 4.28. The molecule has 4 nitrogen and oxygen atoms in total. The molecule has 0 aliphatic carbocycles. The highest BCUT2D eigenvalue weighted by Crippen LogP contribution is 2.19. The highest BCUT2D eigenvalue weighted by Gasteiger charge is 2.14. The summed E-state index contributed by atoms with van der Waals surface area (Å²) in [7, 11) is 2.26. The molecular formula is C21H32ClFN4. The summed E-state index contributed by atoms with van der Waals surface area (Å²) >= 11 is 0. The lowest BCUT2D eigenvalue weighted by Crippen LogP contribution is -2.34. The number of H-pyrrole nitrogens is 1.